The quantitative estimate of drug-likeness (QED) is 0.0360. The van der Waals surface area contributed by atoms with Gasteiger partial charge in [-0.2, -0.15) is 0 Å². The summed E-state index contributed by atoms with van der Waals surface area (Å²) in [6, 6.07) is 33.7. The summed E-state index contributed by atoms with van der Waals surface area (Å²) in [5, 5.41) is 17.4. The molecule has 18 heteroatoms. The number of hydrogen-bond donors (Lipinski definition) is 4. The van der Waals surface area contributed by atoms with Gasteiger partial charge < -0.3 is 41.2 Å². The average molecular weight is 1020 g/mol. The number of rotatable bonds is 18. The molecule has 0 saturated heterocycles. The van der Waals surface area contributed by atoms with E-state index in [1.165, 1.54) is 24.8 Å². The van der Waals surface area contributed by atoms with Crippen molar-refractivity contribution in [3.05, 3.63) is 172 Å². The zero-order valence-corrected chi connectivity index (χ0v) is 41.7. The first kappa shape index (κ1) is 52.4. The smallest absolute Gasteiger partial charge is 0.159 e. The molecule has 3 heterocycles. The van der Waals surface area contributed by atoms with Gasteiger partial charge in [-0.1, -0.05) is 63.6 Å². The molecule has 0 amide bonds. The summed E-state index contributed by atoms with van der Waals surface area (Å²) < 4.78 is 25.0. The van der Waals surface area contributed by atoms with Crippen molar-refractivity contribution in [3.63, 3.8) is 0 Å². The minimum atomic E-state index is -0.315. The third-order valence-corrected chi connectivity index (χ3v) is 10.7. The van der Waals surface area contributed by atoms with E-state index in [9.17, 15) is 4.39 Å². The molecule has 0 aliphatic carbocycles. The van der Waals surface area contributed by atoms with Crippen molar-refractivity contribution < 1.29 is 23.5 Å². The number of nitrogens with two attached hydrogens (primary N) is 2. The standard InChI is InChI=1S/C28H25ClFN5O2.C27H25ClN6O2/c1-3-5-25(35-37-15-18(2)31)20-8-10-26-23(13-20)28(33-17-32-26)34-22-9-11-27(24(29)14-22)36-16-19-6-4-7-21(30)12-19;1-3-6-24(34-36-15-18(2)29)19-8-10-25-22(13-19)27(32-17-31-25)33-20-9-11-26(23(28)14-20)35-16-21-7-4-5-12-30-21/h4,6-14,17-18H,15-16,31H2,1-2H3,(H,32,33,34);4-5,7-14,17-18H,15-16,29H2,1-2H3,(H,31,32,33)/b35-25+;34-24+/t2*18-/m11/s1. The lowest BCUT2D eigenvalue weighted by atomic mass is 10.1. The molecule has 15 nitrogen and oxygen atoms in total. The van der Waals surface area contributed by atoms with Crippen LogP contribution in [0.2, 0.25) is 10.0 Å². The minimum absolute atomic E-state index is 0.135. The van der Waals surface area contributed by atoms with Crippen molar-refractivity contribution in [3.8, 4) is 35.2 Å². The van der Waals surface area contributed by atoms with Gasteiger partial charge in [-0.25, -0.2) is 24.3 Å². The maximum absolute atomic E-state index is 13.4. The Labute approximate surface area is 432 Å². The lowest BCUT2D eigenvalue weighted by Crippen LogP contribution is -2.20. The maximum Gasteiger partial charge on any atom is 0.159 e. The number of nitrogens with one attached hydrogen (secondary N) is 2. The van der Waals surface area contributed by atoms with Gasteiger partial charge in [0.15, 0.2) is 11.4 Å². The number of halogens is 3. The molecule has 0 spiro atoms. The molecular weight excluding hydrogens is 969 g/mol. The normalized spacial score (nSPS) is 12.0. The zero-order chi connectivity index (χ0) is 51.5. The third-order valence-electron chi connectivity index (χ3n) is 10.1. The molecule has 8 rings (SSSR count). The third kappa shape index (κ3) is 15.3. The molecule has 0 aliphatic rings. The van der Waals surface area contributed by atoms with Crippen molar-refractivity contribution in [1.29, 1.82) is 0 Å². The van der Waals surface area contributed by atoms with Crippen molar-refractivity contribution in [2.24, 2.45) is 21.8 Å². The van der Waals surface area contributed by atoms with E-state index in [2.05, 4.69) is 69.5 Å². The molecular formula is C55H50Cl2FN11O4. The first-order valence-corrected chi connectivity index (χ1v) is 23.5. The molecule has 6 N–H and O–H groups in total. The summed E-state index contributed by atoms with van der Waals surface area (Å²) in [6.45, 7) is 8.24. The second-order valence-corrected chi connectivity index (χ2v) is 17.0. The number of fused-ring (bicyclic) bond motifs is 2. The number of benzene rings is 5. The summed E-state index contributed by atoms with van der Waals surface area (Å²) in [4.78, 5) is 32.5. The fourth-order valence-electron chi connectivity index (χ4n) is 6.67. The van der Waals surface area contributed by atoms with Crippen LogP contribution in [0, 0.1) is 29.5 Å². The second-order valence-electron chi connectivity index (χ2n) is 16.2. The molecule has 8 aromatic rings. The van der Waals surface area contributed by atoms with Gasteiger partial charge >= 0.3 is 0 Å². The first-order chi connectivity index (χ1) is 35.5. The molecule has 0 bridgehead atoms. The Balaban J connectivity index is 0.000000214. The van der Waals surface area contributed by atoms with Crippen molar-refractivity contribution >= 4 is 79.4 Å². The van der Waals surface area contributed by atoms with E-state index >= 15 is 0 Å². The first-order valence-electron chi connectivity index (χ1n) is 22.8. The van der Waals surface area contributed by atoms with Crippen LogP contribution in [0.5, 0.6) is 11.5 Å². The van der Waals surface area contributed by atoms with E-state index in [4.69, 9.17) is 53.8 Å². The summed E-state index contributed by atoms with van der Waals surface area (Å²) in [6.07, 6.45) is 4.71. The second kappa shape index (κ2) is 26.2. The number of anilines is 4. The highest BCUT2D eigenvalue weighted by Crippen LogP contribution is 2.33. The van der Waals surface area contributed by atoms with Crippen molar-refractivity contribution in [1.82, 2.24) is 24.9 Å². The van der Waals surface area contributed by atoms with E-state index in [1.807, 2.05) is 80.6 Å². The monoisotopic (exact) mass is 1020 g/mol. The van der Waals surface area contributed by atoms with E-state index in [-0.39, 0.29) is 31.1 Å². The van der Waals surface area contributed by atoms with Gasteiger partial charge in [0.05, 0.1) is 26.8 Å². The molecule has 5 aromatic carbocycles. The van der Waals surface area contributed by atoms with Crippen LogP contribution >= 0.6 is 23.2 Å². The molecule has 0 radical (unpaired) electrons. The molecule has 2 atom stereocenters. The summed E-state index contributed by atoms with van der Waals surface area (Å²) in [5.41, 5.74) is 18.5. The minimum Gasteiger partial charge on any atom is -0.487 e. The van der Waals surface area contributed by atoms with E-state index < -0.39 is 0 Å². The Hall–Kier alpha value is -8.38. The fraction of sp³-hybridized carbons (Fsp3) is 0.182. The number of nitrogens with zero attached hydrogens (tertiary/aromatic N) is 7. The molecule has 0 fully saturated rings. The van der Waals surface area contributed by atoms with E-state index in [0.717, 1.165) is 44.3 Å². The number of ether oxygens (including phenoxy) is 2. The van der Waals surface area contributed by atoms with Crippen LogP contribution in [-0.4, -0.2) is 61.6 Å². The van der Waals surface area contributed by atoms with Crippen molar-refractivity contribution in [2.45, 2.75) is 53.0 Å². The van der Waals surface area contributed by atoms with Gasteiger partial charge in [0.1, 0.15) is 68.0 Å². The number of oxime groups is 2. The van der Waals surface area contributed by atoms with Gasteiger partial charge in [-0.15, -0.1) is 0 Å². The summed E-state index contributed by atoms with van der Waals surface area (Å²) in [7, 11) is 0. The Kier molecular flexibility index (Phi) is 18.8. The lowest BCUT2D eigenvalue weighted by molar-refractivity contribution is 0.134. The Morgan fingerprint density at radius 1 is 0.616 bits per heavy atom. The number of aromatic nitrogens is 5. The number of pyridine rings is 1. The number of hydrogen-bond acceptors (Lipinski definition) is 15. The lowest BCUT2D eigenvalue weighted by Gasteiger charge is -2.12. The van der Waals surface area contributed by atoms with Crippen LogP contribution in [0.15, 0.2) is 144 Å². The largest absolute Gasteiger partial charge is 0.487 e. The van der Waals surface area contributed by atoms with Gasteiger partial charge in [0, 0.05) is 51.6 Å². The topological polar surface area (TPSA) is 202 Å². The Morgan fingerprint density at radius 3 is 1.62 bits per heavy atom. The molecule has 0 unspecified atom stereocenters. The van der Waals surface area contributed by atoms with Crippen LogP contribution in [-0.2, 0) is 22.9 Å². The highest BCUT2D eigenvalue weighted by Gasteiger charge is 2.13. The predicted octanol–water partition coefficient (Wildman–Crippen LogP) is 10.9. The Bertz CT molecular complexity index is 3380. The van der Waals surface area contributed by atoms with Gasteiger partial charge in [-0.3, -0.25) is 4.98 Å². The predicted molar refractivity (Wildman–Crippen MR) is 287 cm³/mol. The molecule has 370 valence electrons. The van der Waals surface area contributed by atoms with Crippen LogP contribution in [0.4, 0.5) is 27.4 Å². The van der Waals surface area contributed by atoms with Crippen LogP contribution in [0.1, 0.15) is 50.1 Å². The SMILES string of the molecule is CC#C/C(=N\OC[C@@H](C)N)c1ccc2ncnc(Nc3ccc(OCc4cccc(F)c4)c(Cl)c3)c2c1.CC#C/C(=N\OC[C@@H](C)N)c1ccc2ncnc(Nc3ccc(OCc4ccccn4)c(Cl)c3)c2c1. The average Bonchev–Trinajstić information content (AvgIpc) is 3.38. The van der Waals surface area contributed by atoms with Crippen LogP contribution in [0.3, 0.4) is 0 Å². The highest BCUT2D eigenvalue weighted by atomic mass is 35.5. The van der Waals surface area contributed by atoms with Crippen LogP contribution in [0.25, 0.3) is 21.8 Å². The fourth-order valence-corrected chi connectivity index (χ4v) is 7.14. The van der Waals surface area contributed by atoms with Crippen molar-refractivity contribution in [2.75, 3.05) is 23.8 Å². The molecule has 73 heavy (non-hydrogen) atoms. The zero-order valence-electron chi connectivity index (χ0n) is 40.2. The highest BCUT2D eigenvalue weighted by molar-refractivity contribution is 6.32. The van der Waals surface area contributed by atoms with Crippen LogP contribution < -0.4 is 31.6 Å². The molecule has 0 aliphatic heterocycles. The maximum atomic E-state index is 13.4. The van der Waals surface area contributed by atoms with Gasteiger partial charge in [0.2, 0.25) is 0 Å². The summed E-state index contributed by atoms with van der Waals surface area (Å²) in [5.74, 6) is 13.6. The summed E-state index contributed by atoms with van der Waals surface area (Å²) >= 11 is 12.9. The molecule has 0 saturated carbocycles. The Morgan fingerprint density at radius 2 is 1.15 bits per heavy atom. The molecule has 3 aromatic heterocycles. The van der Waals surface area contributed by atoms with Gasteiger partial charge in [0.25, 0.3) is 0 Å². The van der Waals surface area contributed by atoms with E-state index in [0.29, 0.717) is 69.1 Å². The van der Waals surface area contributed by atoms with E-state index in [1.54, 1.807) is 56.4 Å². The van der Waals surface area contributed by atoms with Gasteiger partial charge in [-0.05, 0) is 142 Å².